The zero-order chi connectivity index (χ0) is 22.5. The molecule has 0 N–H and O–H groups in total. The van der Waals surface area contributed by atoms with Crippen LogP contribution >= 0.6 is 0 Å². The van der Waals surface area contributed by atoms with Crippen LogP contribution in [0.5, 0.6) is 5.75 Å². The minimum absolute atomic E-state index is 0.0541. The van der Waals surface area contributed by atoms with Crippen molar-refractivity contribution in [1.29, 1.82) is 0 Å². The lowest BCUT2D eigenvalue weighted by Gasteiger charge is -2.52. The van der Waals surface area contributed by atoms with Crippen molar-refractivity contribution in [3.05, 3.63) is 71.5 Å². The highest BCUT2D eigenvalue weighted by molar-refractivity contribution is 5.88. The maximum atomic E-state index is 12.1. The zero-order valence-corrected chi connectivity index (χ0v) is 18.7. The third-order valence-electron chi connectivity index (χ3n) is 6.68. The lowest BCUT2D eigenvalue weighted by Crippen LogP contribution is -2.51. The third kappa shape index (κ3) is 3.07. The Morgan fingerprint density at radius 2 is 2.06 bits per heavy atom. The van der Waals surface area contributed by atoms with E-state index in [-0.39, 0.29) is 23.3 Å². The number of anilines is 1. The van der Waals surface area contributed by atoms with Gasteiger partial charge in [0, 0.05) is 23.1 Å². The summed E-state index contributed by atoms with van der Waals surface area (Å²) in [7, 11) is 1.71. The van der Waals surface area contributed by atoms with Crippen molar-refractivity contribution >= 4 is 11.7 Å². The van der Waals surface area contributed by atoms with Crippen LogP contribution in [0.15, 0.2) is 54.9 Å². The summed E-state index contributed by atoms with van der Waals surface area (Å²) in [5.41, 5.74) is 4.43. The molecule has 2 aliphatic rings. The van der Waals surface area contributed by atoms with Gasteiger partial charge in [-0.1, -0.05) is 32.0 Å². The summed E-state index contributed by atoms with van der Waals surface area (Å²) in [6.45, 7) is 7.23. The van der Waals surface area contributed by atoms with Crippen molar-refractivity contribution in [2.75, 3.05) is 25.4 Å². The third-order valence-corrected chi connectivity index (χ3v) is 6.68. The number of hydroxylamine groups is 1. The Labute approximate surface area is 187 Å². The summed E-state index contributed by atoms with van der Waals surface area (Å²) in [5, 5.41) is 6.39. The molecule has 2 atom stereocenters. The molecule has 7 heteroatoms. The lowest BCUT2D eigenvalue weighted by molar-refractivity contribution is 0.0441. The Bertz CT molecular complexity index is 1170. The Kier molecular flexibility index (Phi) is 4.93. The normalized spacial score (nSPS) is 20.6. The van der Waals surface area contributed by atoms with E-state index in [1.165, 1.54) is 6.20 Å². The molecule has 0 saturated carbocycles. The fraction of sp³-hybridized carbons (Fsp3) is 0.360. The van der Waals surface area contributed by atoms with Crippen LogP contribution < -0.4 is 9.80 Å². The minimum Gasteiger partial charge on any atom is -0.493 e. The molecule has 2 aliphatic heterocycles. The van der Waals surface area contributed by atoms with Gasteiger partial charge in [-0.15, -0.1) is 0 Å². The highest BCUT2D eigenvalue weighted by Crippen LogP contribution is 2.55. The largest absolute Gasteiger partial charge is 0.493 e. The number of esters is 1. The molecular formula is C25H27N3O4. The second kappa shape index (κ2) is 7.67. The van der Waals surface area contributed by atoms with Crippen LogP contribution in [0, 0.1) is 5.92 Å². The number of ether oxygens (including phenoxy) is 2. The van der Waals surface area contributed by atoms with Crippen molar-refractivity contribution in [2.45, 2.75) is 32.2 Å². The summed E-state index contributed by atoms with van der Waals surface area (Å²) in [6, 6.07) is 14.4. The Morgan fingerprint density at radius 1 is 1.25 bits per heavy atom. The van der Waals surface area contributed by atoms with Gasteiger partial charge in [0.05, 0.1) is 49.5 Å². The lowest BCUT2D eigenvalue weighted by atomic mass is 9.65. The number of hydrogen-bond acceptors (Lipinski definition) is 6. The van der Waals surface area contributed by atoms with Crippen LogP contribution in [-0.2, 0) is 15.0 Å². The van der Waals surface area contributed by atoms with Gasteiger partial charge < -0.3 is 9.47 Å². The predicted molar refractivity (Wildman–Crippen MR) is 120 cm³/mol. The summed E-state index contributed by atoms with van der Waals surface area (Å²) >= 11 is 0. The van der Waals surface area contributed by atoms with Crippen molar-refractivity contribution in [2.24, 2.45) is 5.92 Å². The summed E-state index contributed by atoms with van der Waals surface area (Å²) in [5.74, 6) is 0.728. The molecule has 7 nitrogen and oxygen atoms in total. The second-order valence-corrected chi connectivity index (χ2v) is 8.73. The fourth-order valence-corrected chi connectivity index (χ4v) is 4.96. The van der Waals surface area contributed by atoms with Crippen molar-refractivity contribution in [1.82, 2.24) is 9.78 Å². The number of rotatable bonds is 4. The summed E-state index contributed by atoms with van der Waals surface area (Å²) < 4.78 is 12.9. The topological polar surface area (TPSA) is 65.8 Å². The van der Waals surface area contributed by atoms with Crippen LogP contribution in [0.3, 0.4) is 0 Å². The standard InChI is InChI=1S/C25H27N3O4/c1-5-31-24(29)16-13-26-27(14-16)17-10-11-21-19(12-17)25(2,3)20-15-32-22-9-7-6-8-18(22)23(20)28(21)30-4/h6-14,20,23H,5,15H2,1-4H3/t20-,23+/m0/s1. The quantitative estimate of drug-likeness (QED) is 0.566. The molecule has 166 valence electrons. The van der Waals surface area contributed by atoms with Gasteiger partial charge in [-0.3, -0.25) is 4.84 Å². The first-order chi connectivity index (χ1) is 15.5. The van der Waals surface area contributed by atoms with Gasteiger partial charge in [-0.2, -0.15) is 5.10 Å². The molecule has 32 heavy (non-hydrogen) atoms. The second-order valence-electron chi connectivity index (χ2n) is 8.73. The van der Waals surface area contributed by atoms with E-state index in [1.807, 2.05) is 29.3 Å². The van der Waals surface area contributed by atoms with E-state index in [1.54, 1.807) is 24.9 Å². The number of carbonyl (C=O) groups excluding carboxylic acids is 1. The number of fused-ring (bicyclic) bond motifs is 4. The molecule has 0 amide bonds. The number of benzene rings is 2. The van der Waals surface area contributed by atoms with Gasteiger partial charge in [0.15, 0.2) is 0 Å². The van der Waals surface area contributed by atoms with Gasteiger partial charge in [0.2, 0.25) is 0 Å². The van der Waals surface area contributed by atoms with E-state index in [2.05, 4.69) is 37.1 Å². The molecule has 0 unspecified atom stereocenters. The first-order valence-electron chi connectivity index (χ1n) is 10.9. The van der Waals surface area contributed by atoms with Crippen LogP contribution in [0.25, 0.3) is 5.69 Å². The van der Waals surface area contributed by atoms with Gasteiger partial charge in [-0.05, 0) is 36.8 Å². The number of aromatic nitrogens is 2. The summed E-state index contributed by atoms with van der Waals surface area (Å²) in [6.07, 6.45) is 3.23. The molecule has 2 aromatic carbocycles. The van der Waals surface area contributed by atoms with Crippen molar-refractivity contribution in [3.8, 4) is 11.4 Å². The van der Waals surface area contributed by atoms with Gasteiger partial charge in [0.1, 0.15) is 5.75 Å². The van der Waals surface area contributed by atoms with E-state index >= 15 is 0 Å². The molecule has 0 bridgehead atoms. The van der Waals surface area contributed by atoms with Crippen LogP contribution in [0.4, 0.5) is 5.69 Å². The predicted octanol–water partition coefficient (Wildman–Crippen LogP) is 4.46. The molecule has 0 saturated heterocycles. The molecule has 0 spiro atoms. The van der Waals surface area contributed by atoms with E-state index in [9.17, 15) is 4.79 Å². The van der Waals surface area contributed by atoms with Crippen molar-refractivity contribution in [3.63, 3.8) is 0 Å². The van der Waals surface area contributed by atoms with Gasteiger partial charge in [0.25, 0.3) is 0 Å². The first-order valence-corrected chi connectivity index (χ1v) is 10.9. The molecule has 3 aromatic rings. The van der Waals surface area contributed by atoms with Gasteiger partial charge in [-0.25, -0.2) is 14.5 Å². The van der Waals surface area contributed by atoms with Gasteiger partial charge >= 0.3 is 5.97 Å². The first kappa shape index (κ1) is 20.6. The zero-order valence-electron chi connectivity index (χ0n) is 18.7. The molecule has 5 rings (SSSR count). The maximum absolute atomic E-state index is 12.1. The molecule has 3 heterocycles. The van der Waals surface area contributed by atoms with E-state index in [0.29, 0.717) is 18.8 Å². The number of carbonyl (C=O) groups is 1. The van der Waals surface area contributed by atoms with E-state index < -0.39 is 0 Å². The fourth-order valence-electron chi connectivity index (χ4n) is 4.96. The molecule has 0 aliphatic carbocycles. The average Bonchev–Trinajstić information content (AvgIpc) is 3.30. The van der Waals surface area contributed by atoms with E-state index in [4.69, 9.17) is 14.3 Å². The van der Waals surface area contributed by atoms with Crippen molar-refractivity contribution < 1.29 is 19.1 Å². The number of hydrogen-bond donors (Lipinski definition) is 0. The molecular weight excluding hydrogens is 406 g/mol. The molecule has 0 fully saturated rings. The maximum Gasteiger partial charge on any atom is 0.341 e. The van der Waals surface area contributed by atoms with Crippen LogP contribution in [0.1, 0.15) is 48.3 Å². The Morgan fingerprint density at radius 3 is 2.84 bits per heavy atom. The summed E-state index contributed by atoms with van der Waals surface area (Å²) in [4.78, 5) is 18.0. The highest BCUT2D eigenvalue weighted by atomic mass is 16.7. The SMILES string of the molecule is CCOC(=O)c1cnn(-c2ccc3c(c2)C(C)(C)[C@H]2COc4ccccc4[C@H]2N3OC)c1. The minimum atomic E-state index is -0.372. The number of para-hydroxylation sites is 1. The van der Waals surface area contributed by atoms with Crippen LogP contribution in [0.2, 0.25) is 0 Å². The Balaban J connectivity index is 1.59. The molecule has 1 aromatic heterocycles. The van der Waals surface area contributed by atoms with Crippen LogP contribution in [-0.4, -0.2) is 36.1 Å². The van der Waals surface area contributed by atoms with E-state index in [0.717, 1.165) is 28.3 Å². The smallest absolute Gasteiger partial charge is 0.341 e. The Hall–Kier alpha value is -3.32. The number of nitrogens with zero attached hydrogens (tertiary/aromatic N) is 3. The highest BCUT2D eigenvalue weighted by Gasteiger charge is 2.50. The monoisotopic (exact) mass is 433 g/mol. The average molecular weight is 434 g/mol. The molecule has 0 radical (unpaired) electrons.